The standard InChI is InChI=1S/C19H31NO2/c21-18(16-8-1-2-9-16)12-5-13-19(22)20-14-6-10-15-7-3-4-11-17(15)20/h15-17H,1-14H2. The van der Waals surface area contributed by atoms with Crippen LogP contribution in [0.25, 0.3) is 0 Å². The van der Waals surface area contributed by atoms with Crippen molar-refractivity contribution < 1.29 is 9.59 Å². The molecule has 2 unspecified atom stereocenters. The molecule has 0 aromatic heterocycles. The topological polar surface area (TPSA) is 37.4 Å². The predicted octanol–water partition coefficient (Wildman–Crippen LogP) is 4.10. The van der Waals surface area contributed by atoms with E-state index in [1.54, 1.807) is 0 Å². The quantitative estimate of drug-likeness (QED) is 0.767. The summed E-state index contributed by atoms with van der Waals surface area (Å²) < 4.78 is 0. The molecule has 1 saturated heterocycles. The molecule has 2 atom stereocenters. The third-order valence-electron chi connectivity index (χ3n) is 6.19. The number of Topliss-reactive ketones (excluding diaryl/α,β-unsaturated/α-hetero) is 1. The van der Waals surface area contributed by atoms with Gasteiger partial charge in [0.05, 0.1) is 0 Å². The van der Waals surface area contributed by atoms with E-state index in [-0.39, 0.29) is 0 Å². The maximum absolute atomic E-state index is 12.6. The summed E-state index contributed by atoms with van der Waals surface area (Å²) in [7, 11) is 0. The molecule has 3 heteroatoms. The Morgan fingerprint density at radius 1 is 0.818 bits per heavy atom. The van der Waals surface area contributed by atoms with Crippen molar-refractivity contribution in [3.63, 3.8) is 0 Å². The zero-order valence-corrected chi connectivity index (χ0v) is 13.9. The lowest BCUT2D eigenvalue weighted by atomic mass is 9.78. The Bertz CT molecular complexity index is 398. The molecule has 0 bridgehead atoms. The molecule has 2 aliphatic carbocycles. The van der Waals surface area contributed by atoms with Gasteiger partial charge in [-0.1, -0.05) is 25.7 Å². The Hall–Kier alpha value is -0.860. The summed E-state index contributed by atoms with van der Waals surface area (Å²) in [5, 5.41) is 0. The Morgan fingerprint density at radius 3 is 2.32 bits per heavy atom. The number of fused-ring (bicyclic) bond motifs is 1. The molecule has 1 aliphatic heterocycles. The highest BCUT2D eigenvalue weighted by Gasteiger charge is 2.35. The number of carbonyl (C=O) groups is 2. The van der Waals surface area contributed by atoms with Crippen molar-refractivity contribution in [2.45, 2.75) is 89.5 Å². The molecule has 0 aromatic rings. The van der Waals surface area contributed by atoms with Crippen molar-refractivity contribution >= 4 is 11.7 Å². The Balaban J connectivity index is 1.43. The predicted molar refractivity (Wildman–Crippen MR) is 87.5 cm³/mol. The third kappa shape index (κ3) is 3.72. The van der Waals surface area contributed by atoms with Gasteiger partial charge in [-0.15, -0.1) is 0 Å². The molecule has 0 N–H and O–H groups in total. The van der Waals surface area contributed by atoms with E-state index in [1.807, 2.05) is 0 Å². The SMILES string of the molecule is O=C(CCCC(=O)N1CCCC2CCCCC21)C1CCCC1. The fourth-order valence-corrected chi connectivity index (χ4v) is 4.94. The molecular weight excluding hydrogens is 274 g/mol. The molecule has 3 fully saturated rings. The average Bonchev–Trinajstić information content (AvgIpc) is 3.08. The molecule has 0 aromatic carbocycles. The number of hydrogen-bond donors (Lipinski definition) is 0. The summed E-state index contributed by atoms with van der Waals surface area (Å²) in [5.74, 6) is 1.80. The van der Waals surface area contributed by atoms with Gasteiger partial charge in [0.1, 0.15) is 5.78 Å². The van der Waals surface area contributed by atoms with Gasteiger partial charge in [-0.05, 0) is 50.9 Å². The van der Waals surface area contributed by atoms with Crippen molar-refractivity contribution in [2.75, 3.05) is 6.54 Å². The number of piperidine rings is 1. The molecular formula is C19H31NO2. The number of likely N-dealkylation sites (tertiary alicyclic amines) is 1. The molecule has 0 spiro atoms. The molecule has 1 heterocycles. The van der Waals surface area contributed by atoms with Crippen LogP contribution < -0.4 is 0 Å². The van der Waals surface area contributed by atoms with Crippen LogP contribution in [0.5, 0.6) is 0 Å². The first kappa shape index (κ1) is 16.0. The second-order valence-corrected chi connectivity index (χ2v) is 7.64. The molecule has 2 saturated carbocycles. The highest BCUT2D eigenvalue weighted by atomic mass is 16.2. The molecule has 3 rings (SSSR count). The fourth-order valence-electron chi connectivity index (χ4n) is 4.94. The van der Waals surface area contributed by atoms with Crippen LogP contribution in [-0.4, -0.2) is 29.2 Å². The monoisotopic (exact) mass is 305 g/mol. The number of rotatable bonds is 5. The van der Waals surface area contributed by atoms with Crippen LogP contribution in [0.2, 0.25) is 0 Å². The fraction of sp³-hybridized carbons (Fsp3) is 0.895. The smallest absolute Gasteiger partial charge is 0.222 e. The number of nitrogens with zero attached hydrogens (tertiary/aromatic N) is 1. The molecule has 3 aliphatic rings. The molecule has 124 valence electrons. The van der Waals surface area contributed by atoms with Crippen LogP contribution in [0.4, 0.5) is 0 Å². The van der Waals surface area contributed by atoms with E-state index in [4.69, 9.17) is 0 Å². The number of hydrogen-bond acceptors (Lipinski definition) is 2. The van der Waals surface area contributed by atoms with E-state index in [2.05, 4.69) is 4.90 Å². The number of carbonyl (C=O) groups excluding carboxylic acids is 2. The Morgan fingerprint density at radius 2 is 1.50 bits per heavy atom. The largest absolute Gasteiger partial charge is 0.339 e. The lowest BCUT2D eigenvalue weighted by Gasteiger charge is -2.44. The van der Waals surface area contributed by atoms with Gasteiger partial charge < -0.3 is 4.90 Å². The summed E-state index contributed by atoms with van der Waals surface area (Å²) >= 11 is 0. The second kappa shape index (κ2) is 7.61. The summed E-state index contributed by atoms with van der Waals surface area (Å²) in [4.78, 5) is 26.9. The minimum Gasteiger partial charge on any atom is -0.339 e. The van der Waals surface area contributed by atoms with Crippen LogP contribution >= 0.6 is 0 Å². The maximum atomic E-state index is 12.6. The van der Waals surface area contributed by atoms with Crippen molar-refractivity contribution in [1.82, 2.24) is 4.90 Å². The molecule has 0 radical (unpaired) electrons. The third-order valence-corrected chi connectivity index (χ3v) is 6.19. The van der Waals surface area contributed by atoms with E-state index in [1.165, 1.54) is 51.4 Å². The van der Waals surface area contributed by atoms with E-state index in [9.17, 15) is 9.59 Å². The first-order valence-corrected chi connectivity index (χ1v) is 9.58. The second-order valence-electron chi connectivity index (χ2n) is 7.64. The minimum atomic E-state index is 0.313. The van der Waals surface area contributed by atoms with Crippen LogP contribution in [0, 0.1) is 11.8 Å². The van der Waals surface area contributed by atoms with Crippen LogP contribution in [0.15, 0.2) is 0 Å². The normalized spacial score (nSPS) is 29.4. The van der Waals surface area contributed by atoms with E-state index < -0.39 is 0 Å². The van der Waals surface area contributed by atoms with Gasteiger partial charge in [0.15, 0.2) is 0 Å². The van der Waals surface area contributed by atoms with Gasteiger partial charge in [-0.25, -0.2) is 0 Å². The first-order chi connectivity index (χ1) is 10.8. The van der Waals surface area contributed by atoms with Crippen molar-refractivity contribution in [1.29, 1.82) is 0 Å². The average molecular weight is 305 g/mol. The van der Waals surface area contributed by atoms with Gasteiger partial charge in [0, 0.05) is 31.3 Å². The van der Waals surface area contributed by atoms with Gasteiger partial charge in [-0.3, -0.25) is 9.59 Å². The van der Waals surface area contributed by atoms with E-state index in [0.29, 0.717) is 36.5 Å². The minimum absolute atomic E-state index is 0.313. The zero-order chi connectivity index (χ0) is 15.4. The maximum Gasteiger partial charge on any atom is 0.222 e. The molecule has 3 nitrogen and oxygen atoms in total. The first-order valence-electron chi connectivity index (χ1n) is 9.58. The highest BCUT2D eigenvalue weighted by Crippen LogP contribution is 2.35. The highest BCUT2D eigenvalue weighted by molar-refractivity contribution is 5.82. The van der Waals surface area contributed by atoms with Crippen LogP contribution in [0.3, 0.4) is 0 Å². The number of amides is 1. The van der Waals surface area contributed by atoms with Crippen molar-refractivity contribution in [3.8, 4) is 0 Å². The van der Waals surface area contributed by atoms with Crippen molar-refractivity contribution in [3.05, 3.63) is 0 Å². The summed E-state index contributed by atoms with van der Waals surface area (Å²) in [5.41, 5.74) is 0. The molecule has 22 heavy (non-hydrogen) atoms. The summed E-state index contributed by atoms with van der Waals surface area (Å²) in [6.45, 7) is 0.955. The van der Waals surface area contributed by atoms with E-state index in [0.717, 1.165) is 31.7 Å². The van der Waals surface area contributed by atoms with Crippen LogP contribution in [-0.2, 0) is 9.59 Å². The van der Waals surface area contributed by atoms with Crippen LogP contribution in [0.1, 0.15) is 83.5 Å². The Kier molecular flexibility index (Phi) is 5.54. The zero-order valence-electron chi connectivity index (χ0n) is 13.9. The number of ketones is 1. The lowest BCUT2D eigenvalue weighted by molar-refractivity contribution is -0.137. The summed E-state index contributed by atoms with van der Waals surface area (Å²) in [6.07, 6.45) is 14.2. The molecule has 1 amide bonds. The van der Waals surface area contributed by atoms with Gasteiger partial charge in [-0.2, -0.15) is 0 Å². The Labute approximate surface area is 134 Å². The lowest BCUT2D eigenvalue weighted by Crippen LogP contribution is -2.49. The summed E-state index contributed by atoms with van der Waals surface area (Å²) in [6, 6.07) is 0.514. The van der Waals surface area contributed by atoms with E-state index >= 15 is 0 Å². The van der Waals surface area contributed by atoms with Crippen molar-refractivity contribution in [2.24, 2.45) is 11.8 Å². The van der Waals surface area contributed by atoms with Gasteiger partial charge >= 0.3 is 0 Å². The van der Waals surface area contributed by atoms with Gasteiger partial charge in [0.2, 0.25) is 5.91 Å². The van der Waals surface area contributed by atoms with Gasteiger partial charge in [0.25, 0.3) is 0 Å².